The predicted molar refractivity (Wildman–Crippen MR) is 66.6 cm³/mol. The molecule has 0 fully saturated rings. The van der Waals surface area contributed by atoms with Gasteiger partial charge in [0.25, 0.3) is 0 Å². The molecule has 2 aromatic rings. The molecule has 0 saturated heterocycles. The summed E-state index contributed by atoms with van der Waals surface area (Å²) >= 11 is 0. The van der Waals surface area contributed by atoms with Crippen molar-refractivity contribution < 1.29 is 19.0 Å². The fourth-order valence-electron chi connectivity index (χ4n) is 1.54. The topological polar surface area (TPSA) is 51.8 Å². The molecule has 0 saturated carbocycles. The van der Waals surface area contributed by atoms with Crippen molar-refractivity contribution in [3.8, 4) is 11.5 Å². The van der Waals surface area contributed by atoms with Gasteiger partial charge >= 0.3 is 0 Å². The van der Waals surface area contributed by atoms with Crippen LogP contribution in [0.5, 0.6) is 11.5 Å². The number of hydrogen-bond donors (Lipinski definition) is 1. The lowest BCUT2D eigenvalue weighted by atomic mass is 10.3. The normalized spacial score (nSPS) is 10.3. The fourth-order valence-corrected chi connectivity index (χ4v) is 1.54. The summed E-state index contributed by atoms with van der Waals surface area (Å²) < 4.78 is 16.2. The number of aliphatic hydroxyl groups excluding tert-OH is 1. The van der Waals surface area contributed by atoms with Gasteiger partial charge in [0, 0.05) is 0 Å². The largest absolute Gasteiger partial charge is 0.494 e. The van der Waals surface area contributed by atoms with Crippen molar-refractivity contribution in [3.63, 3.8) is 0 Å². The second-order valence-electron chi connectivity index (χ2n) is 3.72. The van der Waals surface area contributed by atoms with E-state index in [1.165, 1.54) is 0 Å². The molecule has 0 amide bonds. The maximum absolute atomic E-state index is 8.87. The van der Waals surface area contributed by atoms with Crippen LogP contribution >= 0.6 is 0 Å². The van der Waals surface area contributed by atoms with Gasteiger partial charge in [-0.2, -0.15) is 0 Å². The van der Waals surface area contributed by atoms with E-state index in [1.807, 2.05) is 31.2 Å². The zero-order valence-electron chi connectivity index (χ0n) is 10.3. The number of rotatable bonds is 6. The van der Waals surface area contributed by atoms with Crippen molar-refractivity contribution in [1.29, 1.82) is 0 Å². The van der Waals surface area contributed by atoms with E-state index in [9.17, 15) is 0 Å². The van der Waals surface area contributed by atoms with Crippen LogP contribution in [0.25, 0.3) is 0 Å². The predicted octanol–water partition coefficient (Wildman–Crippen LogP) is 2.75. The Balaban J connectivity index is 1.89. The number of benzene rings is 1. The van der Waals surface area contributed by atoms with Crippen LogP contribution in [0.4, 0.5) is 0 Å². The molecule has 0 unspecified atom stereocenters. The first-order valence-corrected chi connectivity index (χ1v) is 5.86. The van der Waals surface area contributed by atoms with E-state index in [1.54, 1.807) is 12.1 Å². The summed E-state index contributed by atoms with van der Waals surface area (Å²) in [7, 11) is 0. The molecule has 0 bridgehead atoms. The van der Waals surface area contributed by atoms with Gasteiger partial charge in [0.1, 0.15) is 36.2 Å². The zero-order valence-corrected chi connectivity index (χ0v) is 10.3. The highest BCUT2D eigenvalue weighted by Gasteiger charge is 2.02. The Kier molecular flexibility index (Phi) is 4.25. The molecule has 2 rings (SSSR count). The molecule has 18 heavy (non-hydrogen) atoms. The van der Waals surface area contributed by atoms with E-state index in [0.29, 0.717) is 24.7 Å². The van der Waals surface area contributed by atoms with Gasteiger partial charge in [-0.25, -0.2) is 0 Å². The second-order valence-corrected chi connectivity index (χ2v) is 3.72. The van der Waals surface area contributed by atoms with Crippen molar-refractivity contribution >= 4 is 0 Å². The molecule has 0 radical (unpaired) electrons. The van der Waals surface area contributed by atoms with Crippen LogP contribution in [0.15, 0.2) is 40.8 Å². The minimum Gasteiger partial charge on any atom is -0.494 e. The van der Waals surface area contributed by atoms with E-state index < -0.39 is 0 Å². The van der Waals surface area contributed by atoms with Crippen LogP contribution in [0.1, 0.15) is 18.4 Å². The van der Waals surface area contributed by atoms with Crippen molar-refractivity contribution in [2.75, 3.05) is 6.61 Å². The molecule has 96 valence electrons. The third-order valence-corrected chi connectivity index (χ3v) is 2.39. The van der Waals surface area contributed by atoms with Crippen molar-refractivity contribution in [2.24, 2.45) is 0 Å². The summed E-state index contributed by atoms with van der Waals surface area (Å²) in [6.45, 7) is 2.84. The molecule has 0 atom stereocenters. The van der Waals surface area contributed by atoms with Gasteiger partial charge in [0.2, 0.25) is 0 Å². The molecule has 1 N–H and O–H groups in total. The van der Waals surface area contributed by atoms with Gasteiger partial charge in [0.15, 0.2) is 0 Å². The number of hydrogen-bond acceptors (Lipinski definition) is 4. The van der Waals surface area contributed by atoms with Gasteiger partial charge in [-0.15, -0.1) is 0 Å². The smallest absolute Gasteiger partial charge is 0.146 e. The first kappa shape index (κ1) is 12.5. The van der Waals surface area contributed by atoms with E-state index in [0.717, 1.165) is 11.5 Å². The highest BCUT2D eigenvalue weighted by atomic mass is 16.5. The maximum atomic E-state index is 8.87. The van der Waals surface area contributed by atoms with Crippen LogP contribution in [-0.2, 0) is 13.2 Å². The van der Waals surface area contributed by atoms with Crippen LogP contribution in [-0.4, -0.2) is 11.7 Å². The molecule has 1 heterocycles. The Hall–Kier alpha value is -1.94. The molecular weight excluding hydrogens is 232 g/mol. The van der Waals surface area contributed by atoms with E-state index >= 15 is 0 Å². The van der Waals surface area contributed by atoms with Gasteiger partial charge in [-0.1, -0.05) is 0 Å². The quantitative estimate of drug-likeness (QED) is 0.854. The Bertz CT molecular complexity index is 473. The summed E-state index contributed by atoms with van der Waals surface area (Å²) in [6, 6.07) is 10.9. The van der Waals surface area contributed by atoms with Gasteiger partial charge < -0.3 is 19.0 Å². The molecule has 0 aliphatic carbocycles. The van der Waals surface area contributed by atoms with Crippen LogP contribution in [0.3, 0.4) is 0 Å². The molecule has 0 aliphatic rings. The Labute approximate surface area is 106 Å². The molecule has 0 aliphatic heterocycles. The standard InChI is InChI=1S/C14H16O4/c1-2-16-11-3-5-12(6-4-11)17-10-14-8-7-13(9-15)18-14/h3-8,15H,2,9-10H2,1H3. The third-order valence-electron chi connectivity index (χ3n) is 2.39. The highest BCUT2D eigenvalue weighted by Crippen LogP contribution is 2.19. The summed E-state index contributed by atoms with van der Waals surface area (Å²) in [5, 5.41) is 8.87. The average molecular weight is 248 g/mol. The summed E-state index contributed by atoms with van der Waals surface area (Å²) in [4.78, 5) is 0. The number of aliphatic hydroxyl groups is 1. The Morgan fingerprint density at radius 3 is 2.11 bits per heavy atom. The lowest BCUT2D eigenvalue weighted by molar-refractivity contribution is 0.224. The Morgan fingerprint density at radius 2 is 1.56 bits per heavy atom. The number of furan rings is 1. The first-order chi connectivity index (χ1) is 8.81. The second kappa shape index (κ2) is 6.12. The van der Waals surface area contributed by atoms with E-state index in [4.69, 9.17) is 19.0 Å². The van der Waals surface area contributed by atoms with Crippen molar-refractivity contribution in [3.05, 3.63) is 47.9 Å². The lowest BCUT2D eigenvalue weighted by Gasteiger charge is -2.06. The third kappa shape index (κ3) is 3.28. The molecule has 1 aromatic carbocycles. The average Bonchev–Trinajstić information content (AvgIpc) is 2.86. The van der Waals surface area contributed by atoms with Gasteiger partial charge in [-0.3, -0.25) is 0 Å². The molecule has 4 nitrogen and oxygen atoms in total. The van der Waals surface area contributed by atoms with Crippen LogP contribution < -0.4 is 9.47 Å². The zero-order chi connectivity index (χ0) is 12.8. The summed E-state index contributed by atoms with van der Waals surface area (Å²) in [5.74, 6) is 2.80. The molecule has 1 aromatic heterocycles. The first-order valence-electron chi connectivity index (χ1n) is 5.86. The monoisotopic (exact) mass is 248 g/mol. The molecular formula is C14H16O4. The highest BCUT2D eigenvalue weighted by molar-refractivity contribution is 5.31. The molecule has 0 spiro atoms. The Morgan fingerprint density at radius 1 is 0.944 bits per heavy atom. The lowest BCUT2D eigenvalue weighted by Crippen LogP contribution is -1.94. The van der Waals surface area contributed by atoms with Gasteiger partial charge in [-0.05, 0) is 43.3 Å². The maximum Gasteiger partial charge on any atom is 0.146 e. The van der Waals surface area contributed by atoms with E-state index in [-0.39, 0.29) is 6.61 Å². The fraction of sp³-hybridized carbons (Fsp3) is 0.286. The van der Waals surface area contributed by atoms with Crippen molar-refractivity contribution in [2.45, 2.75) is 20.1 Å². The van der Waals surface area contributed by atoms with Crippen LogP contribution in [0.2, 0.25) is 0 Å². The SMILES string of the molecule is CCOc1ccc(OCc2ccc(CO)o2)cc1. The van der Waals surface area contributed by atoms with E-state index in [2.05, 4.69) is 0 Å². The van der Waals surface area contributed by atoms with Crippen molar-refractivity contribution in [1.82, 2.24) is 0 Å². The number of ether oxygens (including phenoxy) is 2. The minimum atomic E-state index is -0.0942. The molecule has 4 heteroatoms. The van der Waals surface area contributed by atoms with Gasteiger partial charge in [0.05, 0.1) is 6.61 Å². The van der Waals surface area contributed by atoms with Crippen LogP contribution in [0, 0.1) is 0 Å². The minimum absolute atomic E-state index is 0.0942. The summed E-state index contributed by atoms with van der Waals surface area (Å²) in [5.41, 5.74) is 0. The summed E-state index contributed by atoms with van der Waals surface area (Å²) in [6.07, 6.45) is 0.